The molecule has 166 valence electrons. The number of aliphatic hydroxyl groups excluding tert-OH is 4. The summed E-state index contributed by atoms with van der Waals surface area (Å²) in [5.41, 5.74) is -1.51. The lowest BCUT2D eigenvalue weighted by Gasteiger charge is -2.40. The van der Waals surface area contributed by atoms with Crippen LogP contribution in [0.5, 0.6) is 23.0 Å². The molecular weight excluding hydrogens is 416 g/mol. The van der Waals surface area contributed by atoms with Crippen LogP contribution in [0.2, 0.25) is 0 Å². The number of phenolic OH excluding ortho intramolecular Hbond substituents is 3. The highest BCUT2D eigenvalue weighted by atomic mass is 16.5. The summed E-state index contributed by atoms with van der Waals surface area (Å²) < 4.78 is 16.2. The Balaban J connectivity index is 2.04. The van der Waals surface area contributed by atoms with E-state index >= 15 is 0 Å². The van der Waals surface area contributed by atoms with Crippen molar-refractivity contribution in [3.05, 3.63) is 34.0 Å². The second kappa shape index (κ2) is 7.55. The number of methoxy groups -OCH3 is 1. The van der Waals surface area contributed by atoms with Gasteiger partial charge in [-0.15, -0.1) is 0 Å². The molecular formula is C20H20O11. The number of ether oxygens (including phenoxy) is 2. The van der Waals surface area contributed by atoms with Crippen molar-refractivity contribution in [2.45, 2.75) is 30.5 Å². The van der Waals surface area contributed by atoms with Crippen LogP contribution < -0.4 is 10.2 Å². The van der Waals surface area contributed by atoms with Crippen LogP contribution in [-0.2, 0) is 4.74 Å². The van der Waals surface area contributed by atoms with Crippen LogP contribution in [-0.4, -0.2) is 73.9 Å². The fraction of sp³-hybridized carbons (Fsp3) is 0.350. The molecule has 0 unspecified atom stereocenters. The molecule has 0 amide bonds. The highest BCUT2D eigenvalue weighted by molar-refractivity contribution is 5.96. The molecule has 1 aliphatic heterocycles. The monoisotopic (exact) mass is 436 g/mol. The van der Waals surface area contributed by atoms with E-state index < -0.39 is 54.1 Å². The van der Waals surface area contributed by atoms with Crippen LogP contribution in [0, 0.1) is 0 Å². The Morgan fingerprint density at radius 3 is 2.32 bits per heavy atom. The number of rotatable bonds is 3. The molecule has 7 N–H and O–H groups in total. The van der Waals surface area contributed by atoms with Crippen molar-refractivity contribution in [1.29, 1.82) is 0 Å². The molecule has 1 aliphatic rings. The molecule has 0 spiro atoms. The highest BCUT2D eigenvalue weighted by Crippen LogP contribution is 2.44. The lowest BCUT2D eigenvalue weighted by atomic mass is 9.89. The Morgan fingerprint density at radius 2 is 1.68 bits per heavy atom. The fourth-order valence-electron chi connectivity index (χ4n) is 3.81. The lowest BCUT2D eigenvalue weighted by Crippen LogP contribution is -2.55. The summed E-state index contributed by atoms with van der Waals surface area (Å²) in [5, 5.41) is 70.4. The number of phenols is 3. The zero-order valence-corrected chi connectivity index (χ0v) is 16.1. The average Bonchev–Trinajstić information content (AvgIpc) is 2.73. The first-order valence-corrected chi connectivity index (χ1v) is 9.22. The summed E-state index contributed by atoms with van der Waals surface area (Å²) in [5.74, 6) is -1.60. The van der Waals surface area contributed by atoms with Crippen LogP contribution in [0.3, 0.4) is 0 Å². The van der Waals surface area contributed by atoms with Gasteiger partial charge in [-0.1, -0.05) is 0 Å². The van der Waals surface area contributed by atoms with Crippen molar-refractivity contribution < 1.29 is 49.6 Å². The van der Waals surface area contributed by atoms with Gasteiger partial charge in [-0.05, 0) is 6.07 Å². The molecule has 0 bridgehead atoms. The second-order valence-electron chi connectivity index (χ2n) is 7.23. The molecule has 3 aromatic rings. The molecule has 31 heavy (non-hydrogen) atoms. The summed E-state index contributed by atoms with van der Waals surface area (Å²) in [4.78, 5) is 13.1. The van der Waals surface area contributed by atoms with Crippen LogP contribution in [0.1, 0.15) is 11.7 Å². The zero-order chi connectivity index (χ0) is 22.6. The third-order valence-electron chi connectivity index (χ3n) is 5.42. The predicted octanol–water partition coefficient (Wildman–Crippen LogP) is -0.414. The van der Waals surface area contributed by atoms with E-state index in [-0.39, 0.29) is 39.0 Å². The number of hydrogen-bond donors (Lipinski definition) is 7. The molecule has 1 saturated heterocycles. The van der Waals surface area contributed by atoms with Crippen molar-refractivity contribution >= 4 is 21.9 Å². The van der Waals surface area contributed by atoms with Gasteiger partial charge in [-0.3, -0.25) is 4.79 Å². The number of aliphatic hydroxyl groups is 4. The minimum absolute atomic E-state index is 0.00780. The first kappa shape index (κ1) is 21.2. The molecule has 0 aliphatic carbocycles. The number of hydrogen-bond acceptors (Lipinski definition) is 11. The molecule has 4 rings (SSSR count). The average molecular weight is 436 g/mol. The maximum absolute atomic E-state index is 13.1. The Bertz CT molecular complexity index is 1220. The van der Waals surface area contributed by atoms with Crippen LogP contribution in [0.15, 0.2) is 27.4 Å². The first-order chi connectivity index (χ1) is 14.7. The summed E-state index contributed by atoms with van der Waals surface area (Å²) in [6, 6.07) is 3.17. The molecule has 0 radical (unpaired) electrons. The van der Waals surface area contributed by atoms with E-state index in [2.05, 4.69) is 0 Å². The predicted molar refractivity (Wildman–Crippen MR) is 104 cm³/mol. The molecule has 2 heterocycles. The molecule has 11 heteroatoms. The molecule has 0 saturated carbocycles. The normalized spacial score (nSPS) is 26.4. The Morgan fingerprint density at radius 1 is 0.968 bits per heavy atom. The van der Waals surface area contributed by atoms with E-state index in [9.17, 15) is 40.5 Å². The van der Waals surface area contributed by atoms with Gasteiger partial charge in [0, 0.05) is 12.1 Å². The van der Waals surface area contributed by atoms with Crippen LogP contribution in [0.25, 0.3) is 21.9 Å². The number of benzene rings is 2. The topological polar surface area (TPSA) is 190 Å². The molecule has 11 nitrogen and oxygen atoms in total. The molecule has 1 aromatic heterocycles. The van der Waals surface area contributed by atoms with Crippen LogP contribution >= 0.6 is 0 Å². The van der Waals surface area contributed by atoms with Gasteiger partial charge in [-0.2, -0.15) is 0 Å². The maximum Gasteiger partial charge on any atom is 0.204 e. The minimum Gasteiger partial charge on any atom is -0.507 e. The smallest absolute Gasteiger partial charge is 0.204 e. The highest BCUT2D eigenvalue weighted by Gasteiger charge is 2.46. The largest absolute Gasteiger partial charge is 0.507 e. The van der Waals surface area contributed by atoms with Crippen molar-refractivity contribution in [3.63, 3.8) is 0 Å². The van der Waals surface area contributed by atoms with Crippen molar-refractivity contribution in [2.75, 3.05) is 13.7 Å². The van der Waals surface area contributed by atoms with Gasteiger partial charge in [0.05, 0.1) is 24.7 Å². The van der Waals surface area contributed by atoms with Crippen molar-refractivity contribution in [1.82, 2.24) is 0 Å². The van der Waals surface area contributed by atoms with Crippen molar-refractivity contribution in [3.8, 4) is 23.0 Å². The SMILES string of the molecule is COc1cc2c(=O)c3c(O)cc(O)c([C@@H]4O[C@H](CO)[C@H](O)[C@@H](O)[C@H]4O)c3oc2cc1O. The second-order valence-corrected chi connectivity index (χ2v) is 7.23. The van der Waals surface area contributed by atoms with Gasteiger partial charge >= 0.3 is 0 Å². The minimum atomic E-state index is -1.78. The van der Waals surface area contributed by atoms with Crippen molar-refractivity contribution in [2.24, 2.45) is 0 Å². The third kappa shape index (κ3) is 3.14. The van der Waals surface area contributed by atoms with Crippen LogP contribution in [0.4, 0.5) is 0 Å². The summed E-state index contributed by atoms with van der Waals surface area (Å²) in [6.45, 7) is -0.710. The van der Waals surface area contributed by atoms with Gasteiger partial charge in [0.15, 0.2) is 17.1 Å². The fourth-order valence-corrected chi connectivity index (χ4v) is 3.81. The summed E-state index contributed by atoms with van der Waals surface area (Å²) in [7, 11) is 1.29. The third-order valence-corrected chi connectivity index (χ3v) is 5.42. The molecule has 5 atom stereocenters. The van der Waals surface area contributed by atoms with Gasteiger partial charge in [0.2, 0.25) is 5.43 Å². The Hall–Kier alpha value is -3.09. The van der Waals surface area contributed by atoms with Gasteiger partial charge in [-0.25, -0.2) is 0 Å². The van der Waals surface area contributed by atoms with E-state index in [4.69, 9.17) is 13.9 Å². The van der Waals surface area contributed by atoms with Gasteiger partial charge in [0.25, 0.3) is 0 Å². The van der Waals surface area contributed by atoms with E-state index in [1.54, 1.807) is 0 Å². The summed E-state index contributed by atoms with van der Waals surface area (Å²) in [6.07, 6.45) is -7.99. The van der Waals surface area contributed by atoms with Gasteiger partial charge < -0.3 is 49.6 Å². The van der Waals surface area contributed by atoms with E-state index in [1.807, 2.05) is 0 Å². The maximum atomic E-state index is 13.1. The van der Waals surface area contributed by atoms with E-state index in [0.29, 0.717) is 0 Å². The van der Waals surface area contributed by atoms with E-state index in [0.717, 1.165) is 12.1 Å². The van der Waals surface area contributed by atoms with E-state index in [1.165, 1.54) is 13.2 Å². The standard InChI is InChI=1S/C20H20O11/c1-29-11-2-6-10(4-7(11)22)30-19-13(15(6)25)8(23)3-9(24)14(19)20-18(28)17(27)16(26)12(5-21)31-20/h2-4,12,16-18,20-24,26-28H,5H2,1H3/t12-,16+,17-,18-,20+/m1/s1. The summed E-state index contributed by atoms with van der Waals surface area (Å²) >= 11 is 0. The Labute approximate surface area is 173 Å². The molecule has 1 fully saturated rings. The Kier molecular flexibility index (Phi) is 5.15. The zero-order valence-electron chi connectivity index (χ0n) is 16.1. The number of fused-ring (bicyclic) bond motifs is 2. The first-order valence-electron chi connectivity index (χ1n) is 9.22. The quantitative estimate of drug-likeness (QED) is 0.264. The molecule has 2 aromatic carbocycles. The van der Waals surface area contributed by atoms with Gasteiger partial charge in [0.1, 0.15) is 53.0 Å². The number of aromatic hydroxyl groups is 3. The lowest BCUT2D eigenvalue weighted by molar-refractivity contribution is -0.231.